The first kappa shape index (κ1) is 14.1. The summed E-state index contributed by atoms with van der Waals surface area (Å²) in [5.74, 6) is -0.602. The van der Waals surface area contributed by atoms with E-state index in [2.05, 4.69) is 5.32 Å². The molecule has 3 nitrogen and oxygen atoms in total. The number of nitrogens with one attached hydrogen (secondary N) is 1. The highest BCUT2D eigenvalue weighted by atomic mass is 19.1. The van der Waals surface area contributed by atoms with Gasteiger partial charge in [-0.05, 0) is 30.7 Å². The lowest BCUT2D eigenvalue weighted by atomic mass is 10.2. The molecule has 0 bridgehead atoms. The van der Waals surface area contributed by atoms with Crippen molar-refractivity contribution in [3.63, 3.8) is 0 Å². The molecule has 20 heavy (non-hydrogen) atoms. The Morgan fingerprint density at radius 2 is 1.70 bits per heavy atom. The first-order valence-corrected chi connectivity index (χ1v) is 6.33. The molecule has 2 rings (SSSR count). The molecular formula is C15H16F2N2O. The maximum Gasteiger partial charge on any atom is 0.151 e. The van der Waals surface area contributed by atoms with Gasteiger partial charge in [0.25, 0.3) is 0 Å². The molecule has 2 aromatic carbocycles. The second kappa shape index (κ2) is 6.75. The lowest BCUT2D eigenvalue weighted by Gasteiger charge is -2.10. The van der Waals surface area contributed by atoms with Crippen molar-refractivity contribution in [2.45, 2.75) is 6.42 Å². The van der Waals surface area contributed by atoms with E-state index in [0.29, 0.717) is 19.6 Å². The molecule has 0 fully saturated rings. The standard InChI is InChI=1S/C15H16F2N2O/c16-13-9-11(18)10-14(17)15(13)19-7-4-8-20-12-5-2-1-3-6-12/h1-3,5-6,9-10,19H,4,7-8,18H2. The van der Waals surface area contributed by atoms with Gasteiger partial charge in [-0.25, -0.2) is 8.78 Å². The minimum absolute atomic E-state index is 0.0676. The van der Waals surface area contributed by atoms with E-state index in [1.54, 1.807) is 0 Å². The third-order valence-electron chi connectivity index (χ3n) is 2.70. The molecule has 0 unspecified atom stereocenters. The van der Waals surface area contributed by atoms with Crippen LogP contribution in [0.25, 0.3) is 0 Å². The van der Waals surface area contributed by atoms with Crippen molar-refractivity contribution in [1.29, 1.82) is 0 Å². The van der Waals surface area contributed by atoms with Gasteiger partial charge in [0.1, 0.15) is 11.4 Å². The Morgan fingerprint density at radius 3 is 2.35 bits per heavy atom. The molecule has 106 valence electrons. The smallest absolute Gasteiger partial charge is 0.151 e. The molecule has 0 aromatic heterocycles. The van der Waals surface area contributed by atoms with E-state index in [1.807, 2.05) is 30.3 Å². The van der Waals surface area contributed by atoms with E-state index in [-0.39, 0.29) is 11.4 Å². The van der Waals surface area contributed by atoms with Crippen molar-refractivity contribution in [1.82, 2.24) is 0 Å². The van der Waals surface area contributed by atoms with Crippen LogP contribution in [0.2, 0.25) is 0 Å². The van der Waals surface area contributed by atoms with E-state index in [4.69, 9.17) is 10.5 Å². The van der Waals surface area contributed by atoms with E-state index in [1.165, 1.54) is 0 Å². The second-order valence-corrected chi connectivity index (χ2v) is 4.30. The van der Waals surface area contributed by atoms with Crippen LogP contribution in [-0.4, -0.2) is 13.2 Å². The fourth-order valence-electron chi connectivity index (χ4n) is 1.75. The molecule has 0 spiro atoms. The second-order valence-electron chi connectivity index (χ2n) is 4.30. The summed E-state index contributed by atoms with van der Waals surface area (Å²) in [4.78, 5) is 0. The van der Waals surface area contributed by atoms with Crippen LogP contribution >= 0.6 is 0 Å². The highest BCUT2D eigenvalue weighted by Gasteiger charge is 2.09. The number of nitrogens with two attached hydrogens (primary N) is 1. The van der Waals surface area contributed by atoms with E-state index >= 15 is 0 Å². The van der Waals surface area contributed by atoms with Crippen LogP contribution < -0.4 is 15.8 Å². The largest absolute Gasteiger partial charge is 0.494 e. The summed E-state index contributed by atoms with van der Waals surface area (Å²) < 4.78 is 32.4. The number of hydrogen-bond acceptors (Lipinski definition) is 3. The zero-order chi connectivity index (χ0) is 14.4. The summed E-state index contributed by atoms with van der Waals surface area (Å²) in [6.45, 7) is 0.875. The average molecular weight is 278 g/mol. The van der Waals surface area contributed by atoms with Crippen LogP contribution in [0.4, 0.5) is 20.2 Å². The third kappa shape index (κ3) is 3.85. The SMILES string of the molecule is Nc1cc(F)c(NCCCOc2ccccc2)c(F)c1. The number of halogens is 2. The van der Waals surface area contributed by atoms with E-state index in [0.717, 1.165) is 17.9 Å². The maximum absolute atomic E-state index is 13.5. The van der Waals surface area contributed by atoms with Crippen molar-refractivity contribution in [2.24, 2.45) is 0 Å². The van der Waals surface area contributed by atoms with Crippen LogP contribution in [-0.2, 0) is 0 Å². The lowest BCUT2D eigenvalue weighted by molar-refractivity contribution is 0.315. The van der Waals surface area contributed by atoms with Gasteiger partial charge in [0.2, 0.25) is 0 Å². The van der Waals surface area contributed by atoms with Crippen LogP contribution in [0.1, 0.15) is 6.42 Å². The third-order valence-corrected chi connectivity index (χ3v) is 2.70. The monoisotopic (exact) mass is 278 g/mol. The minimum atomic E-state index is -0.688. The van der Waals surface area contributed by atoms with Gasteiger partial charge in [-0.2, -0.15) is 0 Å². The molecule has 0 aliphatic carbocycles. The van der Waals surface area contributed by atoms with Gasteiger partial charge in [0.05, 0.1) is 6.61 Å². The van der Waals surface area contributed by atoms with Crippen LogP contribution in [0, 0.1) is 11.6 Å². The normalized spacial score (nSPS) is 10.3. The molecule has 0 saturated heterocycles. The number of ether oxygens (including phenoxy) is 1. The van der Waals surface area contributed by atoms with Gasteiger partial charge in [0.15, 0.2) is 11.6 Å². The highest BCUT2D eigenvalue weighted by Crippen LogP contribution is 2.21. The predicted octanol–water partition coefficient (Wildman–Crippen LogP) is 3.43. The Hall–Kier alpha value is -2.30. The quantitative estimate of drug-likeness (QED) is 0.628. The number of para-hydroxylation sites is 1. The number of nitrogen functional groups attached to an aromatic ring is 1. The van der Waals surface area contributed by atoms with E-state index in [9.17, 15) is 8.78 Å². The Morgan fingerprint density at radius 1 is 1.05 bits per heavy atom. The predicted molar refractivity (Wildman–Crippen MR) is 75.8 cm³/mol. The highest BCUT2D eigenvalue weighted by molar-refractivity contribution is 5.53. The van der Waals surface area contributed by atoms with Gasteiger partial charge in [0, 0.05) is 12.2 Å². The molecule has 3 N–H and O–H groups in total. The summed E-state index contributed by atoms with van der Waals surface area (Å²) in [5.41, 5.74) is 5.26. The average Bonchev–Trinajstić information content (AvgIpc) is 2.42. The molecule has 0 atom stereocenters. The lowest BCUT2D eigenvalue weighted by Crippen LogP contribution is -2.10. The van der Waals surface area contributed by atoms with Crippen molar-refractivity contribution in [2.75, 3.05) is 24.2 Å². The molecule has 0 saturated carbocycles. The molecule has 0 heterocycles. The first-order valence-electron chi connectivity index (χ1n) is 6.33. The van der Waals surface area contributed by atoms with Crippen molar-refractivity contribution < 1.29 is 13.5 Å². The zero-order valence-electron chi connectivity index (χ0n) is 10.9. The first-order chi connectivity index (χ1) is 9.66. The fraction of sp³-hybridized carbons (Fsp3) is 0.200. The summed E-state index contributed by atoms with van der Waals surface area (Å²) >= 11 is 0. The van der Waals surface area contributed by atoms with Crippen LogP contribution in [0.5, 0.6) is 5.75 Å². The molecular weight excluding hydrogens is 262 g/mol. The van der Waals surface area contributed by atoms with Crippen molar-refractivity contribution >= 4 is 11.4 Å². The molecule has 0 amide bonds. The van der Waals surface area contributed by atoms with Crippen LogP contribution in [0.15, 0.2) is 42.5 Å². The molecule has 2 aromatic rings. The van der Waals surface area contributed by atoms with Gasteiger partial charge < -0.3 is 15.8 Å². The van der Waals surface area contributed by atoms with E-state index < -0.39 is 11.6 Å². The molecule has 0 aliphatic heterocycles. The summed E-state index contributed by atoms with van der Waals surface area (Å²) in [6.07, 6.45) is 0.623. The Labute approximate surface area is 116 Å². The minimum Gasteiger partial charge on any atom is -0.494 e. The number of anilines is 2. The van der Waals surface area contributed by atoms with Gasteiger partial charge in [-0.1, -0.05) is 18.2 Å². The Bertz CT molecular complexity index is 538. The van der Waals surface area contributed by atoms with Gasteiger partial charge >= 0.3 is 0 Å². The maximum atomic E-state index is 13.5. The molecule has 0 aliphatic rings. The number of benzene rings is 2. The van der Waals surface area contributed by atoms with Crippen LogP contribution in [0.3, 0.4) is 0 Å². The fourth-order valence-corrected chi connectivity index (χ4v) is 1.75. The summed E-state index contributed by atoms with van der Waals surface area (Å²) in [5, 5.41) is 2.71. The zero-order valence-corrected chi connectivity index (χ0v) is 10.9. The molecule has 0 radical (unpaired) electrons. The number of hydrogen-bond donors (Lipinski definition) is 2. The van der Waals surface area contributed by atoms with Gasteiger partial charge in [-0.15, -0.1) is 0 Å². The topological polar surface area (TPSA) is 47.3 Å². The van der Waals surface area contributed by atoms with Crippen molar-refractivity contribution in [3.8, 4) is 5.75 Å². The summed E-state index contributed by atoms with van der Waals surface area (Å²) in [7, 11) is 0. The van der Waals surface area contributed by atoms with Gasteiger partial charge in [-0.3, -0.25) is 0 Å². The van der Waals surface area contributed by atoms with Crippen molar-refractivity contribution in [3.05, 3.63) is 54.1 Å². The number of rotatable bonds is 6. The Balaban J connectivity index is 1.76. The Kier molecular flexibility index (Phi) is 4.76. The summed E-state index contributed by atoms with van der Waals surface area (Å²) in [6, 6.07) is 11.6. The molecule has 5 heteroatoms.